The summed E-state index contributed by atoms with van der Waals surface area (Å²) in [7, 11) is 0. The number of benzene rings is 1. The van der Waals surface area contributed by atoms with Gasteiger partial charge in [-0.3, -0.25) is 4.79 Å². The summed E-state index contributed by atoms with van der Waals surface area (Å²) in [5.74, 6) is 1.96. The first-order valence-electron chi connectivity index (χ1n) is 7.14. The third-order valence-corrected chi connectivity index (χ3v) is 4.17. The summed E-state index contributed by atoms with van der Waals surface area (Å²) in [6.07, 6.45) is 3.56. The van der Waals surface area contributed by atoms with Crippen molar-refractivity contribution < 1.29 is 9.53 Å². The van der Waals surface area contributed by atoms with E-state index in [1.165, 1.54) is 12.8 Å². The van der Waals surface area contributed by atoms with Gasteiger partial charge in [0.2, 0.25) is 0 Å². The monoisotopic (exact) mass is 261 g/mol. The minimum atomic E-state index is -0.0187. The molecular weight excluding hydrogens is 238 g/mol. The summed E-state index contributed by atoms with van der Waals surface area (Å²) >= 11 is 0. The highest BCUT2D eigenvalue weighted by atomic mass is 16.5. The van der Waals surface area contributed by atoms with Crippen LogP contribution in [0.2, 0.25) is 0 Å². The molecule has 0 aromatic heterocycles. The van der Waals surface area contributed by atoms with Crippen LogP contribution in [0.1, 0.15) is 33.1 Å². The Balaban J connectivity index is 1.78. The Bertz CT molecular complexity index is 404. The molecule has 1 saturated carbocycles. The fourth-order valence-corrected chi connectivity index (χ4v) is 2.70. The van der Waals surface area contributed by atoms with Crippen molar-refractivity contribution in [1.82, 2.24) is 5.32 Å². The highest BCUT2D eigenvalue weighted by molar-refractivity contribution is 5.77. The van der Waals surface area contributed by atoms with Crippen LogP contribution in [0, 0.1) is 11.8 Å². The van der Waals surface area contributed by atoms with Crippen molar-refractivity contribution in [2.45, 2.75) is 39.2 Å². The van der Waals surface area contributed by atoms with Gasteiger partial charge in [0.1, 0.15) is 5.75 Å². The van der Waals surface area contributed by atoms with Gasteiger partial charge >= 0.3 is 0 Å². The molecular formula is C16H23NO2. The van der Waals surface area contributed by atoms with Crippen LogP contribution in [0.3, 0.4) is 0 Å². The van der Waals surface area contributed by atoms with Crippen LogP contribution in [-0.4, -0.2) is 18.6 Å². The molecule has 0 aliphatic heterocycles. The summed E-state index contributed by atoms with van der Waals surface area (Å²) < 4.78 is 5.46. The average molecular weight is 261 g/mol. The molecule has 1 aromatic carbocycles. The first kappa shape index (κ1) is 13.9. The maximum Gasteiger partial charge on any atom is 0.258 e. The van der Waals surface area contributed by atoms with Gasteiger partial charge in [0.05, 0.1) is 0 Å². The Morgan fingerprint density at radius 2 is 2.00 bits per heavy atom. The van der Waals surface area contributed by atoms with Crippen molar-refractivity contribution in [2.24, 2.45) is 11.8 Å². The predicted molar refractivity (Wildman–Crippen MR) is 76.0 cm³/mol. The van der Waals surface area contributed by atoms with Crippen LogP contribution in [-0.2, 0) is 4.79 Å². The zero-order valence-corrected chi connectivity index (χ0v) is 11.8. The van der Waals surface area contributed by atoms with E-state index in [-0.39, 0.29) is 12.5 Å². The Kier molecular flexibility index (Phi) is 4.83. The molecule has 1 amide bonds. The van der Waals surface area contributed by atoms with Gasteiger partial charge in [-0.1, -0.05) is 44.9 Å². The molecule has 3 heteroatoms. The fraction of sp³-hybridized carbons (Fsp3) is 0.562. The van der Waals surface area contributed by atoms with Gasteiger partial charge in [-0.15, -0.1) is 0 Å². The van der Waals surface area contributed by atoms with Crippen LogP contribution < -0.4 is 10.1 Å². The van der Waals surface area contributed by atoms with E-state index < -0.39 is 0 Å². The van der Waals surface area contributed by atoms with E-state index in [9.17, 15) is 4.79 Å². The average Bonchev–Trinajstić information content (AvgIpc) is 2.43. The van der Waals surface area contributed by atoms with Gasteiger partial charge in [0.15, 0.2) is 6.61 Å². The second-order valence-electron chi connectivity index (χ2n) is 5.54. The number of carbonyl (C=O) groups is 1. The molecule has 1 aliphatic carbocycles. The SMILES string of the molecule is C[C@@H]1[C@@H](C)CCC[C@H]1NC(=O)COc1ccccc1. The van der Waals surface area contributed by atoms with Crippen LogP contribution >= 0.6 is 0 Å². The molecule has 19 heavy (non-hydrogen) atoms. The quantitative estimate of drug-likeness (QED) is 0.904. The van der Waals surface area contributed by atoms with E-state index >= 15 is 0 Å². The number of nitrogens with one attached hydrogen (secondary N) is 1. The van der Waals surface area contributed by atoms with Crippen LogP contribution in [0.25, 0.3) is 0 Å². The second kappa shape index (κ2) is 6.60. The van der Waals surface area contributed by atoms with Crippen LogP contribution in [0.5, 0.6) is 5.75 Å². The third kappa shape index (κ3) is 3.98. The number of carbonyl (C=O) groups excluding carboxylic acids is 1. The fourth-order valence-electron chi connectivity index (χ4n) is 2.70. The van der Waals surface area contributed by atoms with E-state index in [0.717, 1.165) is 12.2 Å². The summed E-state index contributed by atoms with van der Waals surface area (Å²) in [6, 6.07) is 9.75. The van der Waals surface area contributed by atoms with Gasteiger partial charge in [-0.25, -0.2) is 0 Å². The normalized spacial score (nSPS) is 26.7. The molecule has 1 aromatic rings. The standard InChI is InChI=1S/C16H23NO2/c1-12-7-6-10-15(13(12)2)17-16(18)11-19-14-8-4-3-5-9-14/h3-5,8-9,12-13,15H,6-7,10-11H2,1-2H3,(H,17,18)/t12-,13+,15+/m0/s1. The largest absolute Gasteiger partial charge is 0.484 e. The Morgan fingerprint density at radius 1 is 1.26 bits per heavy atom. The zero-order valence-electron chi connectivity index (χ0n) is 11.8. The lowest BCUT2D eigenvalue weighted by Gasteiger charge is -2.34. The molecule has 0 spiro atoms. The topological polar surface area (TPSA) is 38.3 Å². The van der Waals surface area contributed by atoms with Gasteiger partial charge in [0.25, 0.3) is 5.91 Å². The van der Waals surface area contributed by atoms with Crippen molar-refractivity contribution in [2.75, 3.05) is 6.61 Å². The van der Waals surface area contributed by atoms with E-state index in [2.05, 4.69) is 19.2 Å². The maximum absolute atomic E-state index is 11.9. The lowest BCUT2D eigenvalue weighted by molar-refractivity contribution is -0.124. The molecule has 104 valence electrons. The maximum atomic E-state index is 11.9. The van der Waals surface area contributed by atoms with Crippen molar-refractivity contribution in [1.29, 1.82) is 0 Å². The third-order valence-electron chi connectivity index (χ3n) is 4.17. The number of amides is 1. The number of rotatable bonds is 4. The molecule has 0 radical (unpaired) electrons. The van der Waals surface area contributed by atoms with Gasteiger partial charge in [-0.05, 0) is 30.4 Å². The zero-order chi connectivity index (χ0) is 13.7. The lowest BCUT2D eigenvalue weighted by atomic mass is 9.78. The minimum Gasteiger partial charge on any atom is -0.484 e. The predicted octanol–water partition coefficient (Wildman–Crippen LogP) is 3.01. The van der Waals surface area contributed by atoms with E-state index in [0.29, 0.717) is 17.9 Å². The van der Waals surface area contributed by atoms with Crippen molar-refractivity contribution in [3.63, 3.8) is 0 Å². The Morgan fingerprint density at radius 3 is 2.74 bits per heavy atom. The number of para-hydroxylation sites is 1. The minimum absolute atomic E-state index is 0.0187. The first-order chi connectivity index (χ1) is 9.16. The molecule has 0 heterocycles. The number of hydrogen-bond acceptors (Lipinski definition) is 2. The van der Waals surface area contributed by atoms with E-state index in [1.54, 1.807) is 0 Å². The van der Waals surface area contributed by atoms with Gasteiger partial charge < -0.3 is 10.1 Å². The molecule has 1 fully saturated rings. The molecule has 0 bridgehead atoms. The van der Waals surface area contributed by atoms with Crippen molar-refractivity contribution in [3.05, 3.63) is 30.3 Å². The molecule has 3 nitrogen and oxygen atoms in total. The van der Waals surface area contributed by atoms with Crippen LogP contribution in [0.15, 0.2) is 30.3 Å². The molecule has 0 unspecified atom stereocenters. The van der Waals surface area contributed by atoms with Crippen LogP contribution in [0.4, 0.5) is 0 Å². The molecule has 0 saturated heterocycles. The van der Waals surface area contributed by atoms with Gasteiger partial charge in [0, 0.05) is 6.04 Å². The first-order valence-corrected chi connectivity index (χ1v) is 7.14. The van der Waals surface area contributed by atoms with E-state index in [1.807, 2.05) is 30.3 Å². The summed E-state index contributed by atoms with van der Waals surface area (Å²) in [5.41, 5.74) is 0. The Labute approximate surface area is 115 Å². The lowest BCUT2D eigenvalue weighted by Crippen LogP contribution is -2.45. The second-order valence-corrected chi connectivity index (χ2v) is 5.54. The number of ether oxygens (including phenoxy) is 1. The summed E-state index contributed by atoms with van der Waals surface area (Å²) in [4.78, 5) is 11.9. The molecule has 3 atom stereocenters. The smallest absolute Gasteiger partial charge is 0.258 e. The summed E-state index contributed by atoms with van der Waals surface area (Å²) in [5, 5.41) is 3.11. The molecule has 1 N–H and O–H groups in total. The van der Waals surface area contributed by atoms with Gasteiger partial charge in [-0.2, -0.15) is 0 Å². The van der Waals surface area contributed by atoms with E-state index in [4.69, 9.17) is 4.74 Å². The summed E-state index contributed by atoms with van der Waals surface area (Å²) in [6.45, 7) is 4.60. The highest BCUT2D eigenvalue weighted by Crippen LogP contribution is 2.29. The number of hydrogen-bond donors (Lipinski definition) is 1. The highest BCUT2D eigenvalue weighted by Gasteiger charge is 2.28. The Hall–Kier alpha value is -1.51. The van der Waals surface area contributed by atoms with Crippen molar-refractivity contribution in [3.8, 4) is 5.75 Å². The molecule has 1 aliphatic rings. The van der Waals surface area contributed by atoms with Crippen molar-refractivity contribution >= 4 is 5.91 Å². The molecule has 2 rings (SSSR count).